The van der Waals surface area contributed by atoms with E-state index < -0.39 is 11.6 Å². The van der Waals surface area contributed by atoms with Gasteiger partial charge in [-0.05, 0) is 28.7 Å². The molecule has 0 amide bonds. The lowest BCUT2D eigenvalue weighted by Crippen LogP contribution is -2.33. The van der Waals surface area contributed by atoms with Crippen molar-refractivity contribution >= 4 is 46.3 Å². The van der Waals surface area contributed by atoms with Gasteiger partial charge in [0.2, 0.25) is 11.6 Å². The molecule has 3 nitrogen and oxygen atoms in total. The van der Waals surface area contributed by atoms with E-state index in [0.29, 0.717) is 0 Å². The minimum Gasteiger partial charge on any atom is -0.360 e. The average molecular weight is 273 g/mol. The van der Waals surface area contributed by atoms with Crippen LogP contribution in [0.25, 0.3) is 12.2 Å². The van der Waals surface area contributed by atoms with Crippen molar-refractivity contribution in [2.24, 2.45) is 0 Å². The third kappa shape index (κ3) is 1.03. The second-order valence-corrected chi connectivity index (χ2v) is 3.64. The number of aromatic amines is 1. The smallest absolute Gasteiger partial charge is 0.227 e. The molecule has 1 heterocycles. The lowest BCUT2D eigenvalue weighted by molar-refractivity contribution is -0.129. The summed E-state index contributed by atoms with van der Waals surface area (Å²) in [6.07, 6.45) is 4.47. The second kappa shape index (κ2) is 2.55. The molecule has 0 saturated heterocycles. The fourth-order valence-electron chi connectivity index (χ4n) is 1.10. The van der Waals surface area contributed by atoms with Gasteiger partial charge in [-0.1, -0.05) is 0 Å². The molecule has 0 bridgehead atoms. The second-order valence-electron chi connectivity index (χ2n) is 2.48. The highest BCUT2D eigenvalue weighted by atomic mass is 127. The fraction of sp³-hybridized carbons (Fsp3) is 0. The van der Waals surface area contributed by atoms with Gasteiger partial charge in [0.05, 0.1) is 5.35 Å². The predicted octanol–water partition coefficient (Wildman–Crippen LogP) is -0.668. The van der Waals surface area contributed by atoms with Crippen molar-refractivity contribution in [3.63, 3.8) is 0 Å². The van der Waals surface area contributed by atoms with E-state index in [-0.39, 0.29) is 0 Å². The van der Waals surface area contributed by atoms with Gasteiger partial charge < -0.3 is 4.98 Å². The Morgan fingerprint density at radius 2 is 1.83 bits per heavy atom. The summed E-state index contributed by atoms with van der Waals surface area (Å²) in [4.78, 5) is 24.8. The molecule has 0 aromatic carbocycles. The maximum Gasteiger partial charge on any atom is 0.227 e. The molecule has 0 unspecified atom stereocenters. The maximum absolute atomic E-state index is 11.0. The molecular weight excluding hydrogens is 269 g/mol. The van der Waals surface area contributed by atoms with Crippen LogP contribution in [0.3, 0.4) is 0 Å². The highest BCUT2D eigenvalue weighted by molar-refractivity contribution is 14.1. The first-order valence-electron chi connectivity index (χ1n) is 3.33. The van der Waals surface area contributed by atoms with E-state index in [1.165, 1.54) is 12.2 Å². The van der Waals surface area contributed by atoms with Gasteiger partial charge >= 0.3 is 0 Å². The summed E-state index contributed by atoms with van der Waals surface area (Å²) in [7, 11) is 0. The Balaban J connectivity index is 2.91. The molecule has 1 aliphatic carbocycles. The van der Waals surface area contributed by atoms with Crippen LogP contribution in [-0.2, 0) is 9.59 Å². The van der Waals surface area contributed by atoms with E-state index in [1.807, 2.05) is 0 Å². The molecular formula is C8H4INO2. The monoisotopic (exact) mass is 273 g/mol. The number of nitrogens with one attached hydrogen (secondary N) is 1. The number of carbonyl (C=O) groups is 2. The zero-order valence-electron chi connectivity index (χ0n) is 5.93. The summed E-state index contributed by atoms with van der Waals surface area (Å²) in [5.41, 5.74) is 0. The standard InChI is InChI=1S/C8H4INO2/c9-5-3-10-6-2-8(12)7(11)1-4(5)6/h1-3,10H. The van der Waals surface area contributed by atoms with Crippen LogP contribution in [0.5, 0.6) is 0 Å². The minimum absolute atomic E-state index is 0.444. The van der Waals surface area contributed by atoms with Crippen LogP contribution in [0.2, 0.25) is 0 Å². The van der Waals surface area contributed by atoms with Crippen molar-refractivity contribution in [3.05, 3.63) is 20.3 Å². The lowest BCUT2D eigenvalue weighted by atomic mass is 10.1. The van der Waals surface area contributed by atoms with Crippen molar-refractivity contribution in [1.29, 1.82) is 0 Å². The van der Waals surface area contributed by atoms with Crippen molar-refractivity contribution in [1.82, 2.24) is 4.98 Å². The summed E-state index contributed by atoms with van der Waals surface area (Å²) in [5.74, 6) is -0.902. The maximum atomic E-state index is 11.0. The number of hydrogen-bond donors (Lipinski definition) is 1. The first-order chi connectivity index (χ1) is 5.68. The van der Waals surface area contributed by atoms with Gasteiger partial charge in [-0.25, -0.2) is 0 Å². The van der Waals surface area contributed by atoms with Crippen LogP contribution in [0.15, 0.2) is 6.20 Å². The Hall–Kier alpha value is -0.910. The van der Waals surface area contributed by atoms with E-state index in [0.717, 1.165) is 14.1 Å². The quantitative estimate of drug-likeness (QED) is 0.503. The summed E-state index contributed by atoms with van der Waals surface area (Å²) >= 11 is 2.11. The molecule has 0 saturated carbocycles. The van der Waals surface area contributed by atoms with Crippen LogP contribution < -0.4 is 10.6 Å². The number of halogens is 1. The molecule has 0 atom stereocenters. The molecule has 0 aliphatic heterocycles. The summed E-state index contributed by atoms with van der Waals surface area (Å²) in [6.45, 7) is 0. The van der Waals surface area contributed by atoms with Gasteiger partial charge in [0.15, 0.2) is 0 Å². The van der Waals surface area contributed by atoms with Gasteiger partial charge in [0.25, 0.3) is 0 Å². The molecule has 0 spiro atoms. The molecule has 60 valence electrons. The molecule has 1 aromatic heterocycles. The van der Waals surface area contributed by atoms with E-state index in [9.17, 15) is 9.59 Å². The van der Waals surface area contributed by atoms with Gasteiger partial charge in [0, 0.05) is 21.1 Å². The van der Waals surface area contributed by atoms with Gasteiger partial charge in [-0.15, -0.1) is 0 Å². The SMILES string of the molecule is O=C1C=c2[nH]cc(I)c2=CC1=O. The average Bonchev–Trinajstić information content (AvgIpc) is 2.35. The molecule has 2 rings (SSSR count). The van der Waals surface area contributed by atoms with Gasteiger partial charge in [-0.3, -0.25) is 9.59 Å². The Bertz CT molecular complexity index is 484. The van der Waals surface area contributed by atoms with Crippen molar-refractivity contribution in [2.75, 3.05) is 0 Å². The summed E-state index contributed by atoms with van der Waals surface area (Å²) in [5, 5.41) is 1.55. The third-order valence-electron chi connectivity index (χ3n) is 1.70. The Morgan fingerprint density at radius 3 is 2.58 bits per heavy atom. The summed E-state index contributed by atoms with van der Waals surface area (Å²) < 4.78 is 0.958. The number of rotatable bonds is 0. The molecule has 1 aliphatic rings. The van der Waals surface area contributed by atoms with Crippen LogP contribution in [0.4, 0.5) is 0 Å². The first kappa shape index (κ1) is 7.72. The first-order valence-corrected chi connectivity index (χ1v) is 4.41. The zero-order valence-corrected chi connectivity index (χ0v) is 8.08. The van der Waals surface area contributed by atoms with Crippen LogP contribution >= 0.6 is 22.6 Å². The molecule has 0 radical (unpaired) electrons. The normalized spacial score (nSPS) is 15.1. The van der Waals surface area contributed by atoms with Crippen molar-refractivity contribution in [2.45, 2.75) is 0 Å². The van der Waals surface area contributed by atoms with Gasteiger partial charge in [-0.2, -0.15) is 0 Å². The number of Topliss-reactive ketones (excluding diaryl/α,β-unsaturated/α-hetero) is 2. The number of fused-ring (bicyclic) bond motifs is 1. The number of ketones is 2. The summed E-state index contributed by atoms with van der Waals surface area (Å²) in [6, 6.07) is 0. The minimum atomic E-state index is -0.458. The van der Waals surface area contributed by atoms with Crippen LogP contribution in [0, 0.1) is 3.57 Å². The van der Waals surface area contributed by atoms with E-state index in [1.54, 1.807) is 6.20 Å². The zero-order chi connectivity index (χ0) is 8.72. The molecule has 0 fully saturated rings. The lowest BCUT2D eigenvalue weighted by Gasteiger charge is -1.92. The molecule has 1 aromatic rings. The Morgan fingerprint density at radius 1 is 1.17 bits per heavy atom. The largest absolute Gasteiger partial charge is 0.360 e. The molecule has 12 heavy (non-hydrogen) atoms. The topological polar surface area (TPSA) is 49.9 Å². The highest BCUT2D eigenvalue weighted by Gasteiger charge is 2.13. The number of aromatic nitrogens is 1. The fourth-order valence-corrected chi connectivity index (χ4v) is 1.70. The van der Waals surface area contributed by atoms with E-state index in [4.69, 9.17) is 0 Å². The Labute approximate surface area is 81.3 Å². The van der Waals surface area contributed by atoms with Gasteiger partial charge in [0.1, 0.15) is 0 Å². The number of hydrogen-bond acceptors (Lipinski definition) is 2. The van der Waals surface area contributed by atoms with Crippen molar-refractivity contribution < 1.29 is 9.59 Å². The van der Waals surface area contributed by atoms with Crippen molar-refractivity contribution in [3.8, 4) is 0 Å². The molecule has 1 N–H and O–H groups in total. The highest BCUT2D eigenvalue weighted by Crippen LogP contribution is 1.94. The number of H-pyrrole nitrogens is 1. The van der Waals surface area contributed by atoms with E-state index >= 15 is 0 Å². The Kier molecular flexibility index (Phi) is 1.64. The van der Waals surface area contributed by atoms with E-state index in [2.05, 4.69) is 27.6 Å². The predicted molar refractivity (Wildman–Crippen MR) is 51.7 cm³/mol. The number of carbonyl (C=O) groups excluding carboxylic acids is 2. The van der Waals surface area contributed by atoms with Crippen LogP contribution in [0.1, 0.15) is 0 Å². The van der Waals surface area contributed by atoms with Crippen LogP contribution in [-0.4, -0.2) is 16.6 Å². The molecule has 4 heteroatoms. The third-order valence-corrected chi connectivity index (χ3v) is 2.59.